The Morgan fingerprint density at radius 3 is 2.78 bits per heavy atom. The van der Waals surface area contributed by atoms with E-state index < -0.39 is 0 Å². The number of nitrogens with one attached hydrogen (secondary N) is 1. The standard InChI is InChI=1S/C18H15N3OS/c19-18-21-17(11-23-18)15-9-20-16-8-13(6-7-14(15)16)22-10-12-4-2-1-3-5-12/h1-9,11,20H,10H2,(H2,19,21). The molecule has 2 heterocycles. The van der Waals surface area contributed by atoms with Gasteiger partial charge in [0, 0.05) is 34.1 Å². The number of rotatable bonds is 4. The van der Waals surface area contributed by atoms with Gasteiger partial charge in [-0.05, 0) is 17.7 Å². The summed E-state index contributed by atoms with van der Waals surface area (Å²) < 4.78 is 5.87. The van der Waals surface area contributed by atoms with Crippen molar-refractivity contribution < 1.29 is 4.74 Å². The smallest absolute Gasteiger partial charge is 0.180 e. The molecule has 4 rings (SSSR count). The van der Waals surface area contributed by atoms with E-state index in [1.54, 1.807) is 0 Å². The molecule has 23 heavy (non-hydrogen) atoms. The van der Waals surface area contributed by atoms with Gasteiger partial charge in [-0.15, -0.1) is 11.3 Å². The lowest BCUT2D eigenvalue weighted by Crippen LogP contribution is -1.94. The number of benzene rings is 2. The van der Waals surface area contributed by atoms with Gasteiger partial charge in [0.25, 0.3) is 0 Å². The van der Waals surface area contributed by atoms with Crippen molar-refractivity contribution in [3.8, 4) is 17.0 Å². The summed E-state index contributed by atoms with van der Waals surface area (Å²) in [5.74, 6) is 0.840. The van der Waals surface area contributed by atoms with Crippen LogP contribution in [0.25, 0.3) is 22.2 Å². The van der Waals surface area contributed by atoms with Crippen molar-refractivity contribution in [2.45, 2.75) is 6.61 Å². The Labute approximate surface area is 137 Å². The number of nitrogen functional groups attached to an aromatic ring is 1. The third-order valence-corrected chi connectivity index (χ3v) is 4.37. The molecule has 0 aliphatic heterocycles. The molecule has 0 bridgehead atoms. The molecule has 5 heteroatoms. The topological polar surface area (TPSA) is 63.9 Å². The molecule has 0 aliphatic carbocycles. The summed E-state index contributed by atoms with van der Waals surface area (Å²) >= 11 is 1.45. The second-order valence-corrected chi connectivity index (χ2v) is 6.14. The molecule has 2 aromatic heterocycles. The predicted molar refractivity (Wildman–Crippen MR) is 94.6 cm³/mol. The maximum atomic E-state index is 5.87. The fourth-order valence-electron chi connectivity index (χ4n) is 2.56. The lowest BCUT2D eigenvalue weighted by molar-refractivity contribution is 0.306. The molecule has 0 saturated carbocycles. The number of anilines is 1. The fourth-order valence-corrected chi connectivity index (χ4v) is 3.12. The van der Waals surface area contributed by atoms with Gasteiger partial charge in [-0.1, -0.05) is 30.3 Å². The number of hydrogen-bond acceptors (Lipinski definition) is 4. The Morgan fingerprint density at radius 1 is 1.13 bits per heavy atom. The first-order valence-corrected chi connectivity index (χ1v) is 8.17. The predicted octanol–water partition coefficient (Wildman–Crippen LogP) is 4.45. The quantitative estimate of drug-likeness (QED) is 0.583. The highest BCUT2D eigenvalue weighted by molar-refractivity contribution is 7.13. The lowest BCUT2D eigenvalue weighted by Gasteiger charge is -2.06. The molecule has 2 aromatic carbocycles. The van der Waals surface area contributed by atoms with Gasteiger partial charge in [0.2, 0.25) is 0 Å². The van der Waals surface area contributed by atoms with E-state index in [0.717, 1.165) is 33.5 Å². The van der Waals surface area contributed by atoms with Crippen LogP contribution in [0.2, 0.25) is 0 Å². The number of thiazole rings is 1. The Balaban J connectivity index is 1.59. The molecule has 0 radical (unpaired) electrons. The van der Waals surface area contributed by atoms with Crippen LogP contribution in [0.4, 0.5) is 5.13 Å². The Morgan fingerprint density at radius 2 is 2.00 bits per heavy atom. The van der Waals surface area contributed by atoms with Gasteiger partial charge in [0.15, 0.2) is 5.13 Å². The number of ether oxygens (including phenoxy) is 1. The van der Waals surface area contributed by atoms with E-state index in [4.69, 9.17) is 10.5 Å². The molecule has 4 nitrogen and oxygen atoms in total. The number of hydrogen-bond donors (Lipinski definition) is 2. The maximum absolute atomic E-state index is 5.87. The van der Waals surface area contributed by atoms with E-state index in [1.165, 1.54) is 11.3 Å². The van der Waals surface area contributed by atoms with Gasteiger partial charge in [-0.25, -0.2) is 4.98 Å². The second kappa shape index (κ2) is 5.78. The van der Waals surface area contributed by atoms with Crippen LogP contribution in [0.1, 0.15) is 5.56 Å². The molecule has 0 amide bonds. The molecule has 114 valence electrons. The van der Waals surface area contributed by atoms with E-state index in [0.29, 0.717) is 11.7 Å². The van der Waals surface area contributed by atoms with Gasteiger partial charge in [0.05, 0.1) is 5.69 Å². The molecule has 0 atom stereocenters. The minimum atomic E-state index is 0.558. The zero-order valence-corrected chi connectivity index (χ0v) is 13.1. The Hall–Kier alpha value is -2.79. The largest absolute Gasteiger partial charge is 0.489 e. The molecular weight excluding hydrogens is 306 g/mol. The van der Waals surface area contributed by atoms with Crippen molar-refractivity contribution in [2.75, 3.05) is 5.73 Å². The van der Waals surface area contributed by atoms with Crippen LogP contribution in [0.15, 0.2) is 60.1 Å². The van der Waals surface area contributed by atoms with Crippen molar-refractivity contribution >= 4 is 27.4 Å². The first-order valence-electron chi connectivity index (χ1n) is 7.29. The highest BCUT2D eigenvalue weighted by atomic mass is 32.1. The zero-order chi connectivity index (χ0) is 15.6. The zero-order valence-electron chi connectivity index (χ0n) is 12.3. The summed E-state index contributed by atoms with van der Waals surface area (Å²) in [5.41, 5.74) is 9.86. The Bertz CT molecular complexity index is 943. The van der Waals surface area contributed by atoms with Crippen LogP contribution in [0.3, 0.4) is 0 Å². The normalized spacial score (nSPS) is 11.0. The third kappa shape index (κ3) is 2.78. The number of H-pyrrole nitrogens is 1. The highest BCUT2D eigenvalue weighted by Crippen LogP contribution is 2.32. The summed E-state index contributed by atoms with van der Waals surface area (Å²) in [7, 11) is 0. The summed E-state index contributed by atoms with van der Waals surface area (Å²) in [4.78, 5) is 7.63. The van der Waals surface area contributed by atoms with Crippen molar-refractivity contribution in [2.24, 2.45) is 0 Å². The monoisotopic (exact) mass is 321 g/mol. The van der Waals surface area contributed by atoms with Crippen LogP contribution < -0.4 is 10.5 Å². The van der Waals surface area contributed by atoms with Crippen molar-refractivity contribution in [3.05, 3.63) is 65.7 Å². The van der Waals surface area contributed by atoms with Crippen molar-refractivity contribution in [3.63, 3.8) is 0 Å². The molecule has 0 spiro atoms. The van der Waals surface area contributed by atoms with Crippen molar-refractivity contribution in [1.29, 1.82) is 0 Å². The van der Waals surface area contributed by atoms with E-state index >= 15 is 0 Å². The number of nitrogens with two attached hydrogens (primary N) is 1. The average Bonchev–Trinajstić information content (AvgIpc) is 3.19. The third-order valence-electron chi connectivity index (χ3n) is 3.70. The van der Waals surface area contributed by atoms with E-state index in [1.807, 2.05) is 41.9 Å². The maximum Gasteiger partial charge on any atom is 0.180 e. The lowest BCUT2D eigenvalue weighted by atomic mass is 10.1. The summed E-state index contributed by atoms with van der Waals surface area (Å²) in [6, 6.07) is 16.2. The van der Waals surface area contributed by atoms with Gasteiger partial charge in [0.1, 0.15) is 12.4 Å². The molecule has 4 aromatic rings. The molecule has 0 fully saturated rings. The number of aromatic nitrogens is 2. The van der Waals surface area contributed by atoms with Gasteiger partial charge in [-0.3, -0.25) is 0 Å². The molecule has 0 saturated heterocycles. The van der Waals surface area contributed by atoms with Crippen LogP contribution in [0.5, 0.6) is 5.75 Å². The highest BCUT2D eigenvalue weighted by Gasteiger charge is 2.10. The van der Waals surface area contributed by atoms with E-state index in [9.17, 15) is 0 Å². The number of fused-ring (bicyclic) bond motifs is 1. The number of aromatic amines is 1. The second-order valence-electron chi connectivity index (χ2n) is 5.25. The summed E-state index contributed by atoms with van der Waals surface area (Å²) in [5, 5.41) is 3.66. The fraction of sp³-hybridized carbons (Fsp3) is 0.0556. The van der Waals surface area contributed by atoms with E-state index in [-0.39, 0.29) is 0 Å². The first kappa shape index (κ1) is 13.8. The first-order chi connectivity index (χ1) is 11.3. The SMILES string of the molecule is Nc1nc(-c2c[nH]c3cc(OCc4ccccc4)ccc23)cs1. The minimum absolute atomic E-state index is 0.558. The van der Waals surface area contributed by atoms with Gasteiger partial charge >= 0.3 is 0 Å². The van der Waals surface area contributed by atoms with Gasteiger partial charge < -0.3 is 15.5 Å². The van der Waals surface area contributed by atoms with Crippen LogP contribution >= 0.6 is 11.3 Å². The summed E-state index contributed by atoms with van der Waals surface area (Å²) in [6.07, 6.45) is 1.96. The van der Waals surface area contributed by atoms with E-state index in [2.05, 4.69) is 28.2 Å². The molecular formula is C18H15N3OS. The number of nitrogens with zero attached hydrogens (tertiary/aromatic N) is 1. The Kier molecular flexibility index (Phi) is 3.48. The molecule has 0 unspecified atom stereocenters. The molecule has 0 aliphatic rings. The van der Waals surface area contributed by atoms with Crippen molar-refractivity contribution in [1.82, 2.24) is 9.97 Å². The summed E-state index contributed by atoms with van der Waals surface area (Å²) in [6.45, 7) is 0.558. The van der Waals surface area contributed by atoms with Crippen LogP contribution in [-0.2, 0) is 6.61 Å². The average molecular weight is 321 g/mol. The minimum Gasteiger partial charge on any atom is -0.489 e. The van der Waals surface area contributed by atoms with Gasteiger partial charge in [-0.2, -0.15) is 0 Å². The molecule has 3 N–H and O–H groups in total. The van der Waals surface area contributed by atoms with Crippen LogP contribution in [-0.4, -0.2) is 9.97 Å². The van der Waals surface area contributed by atoms with Crippen LogP contribution in [0, 0.1) is 0 Å².